The van der Waals surface area contributed by atoms with Crippen molar-refractivity contribution in [2.75, 3.05) is 38.0 Å². The van der Waals surface area contributed by atoms with Crippen LogP contribution in [-0.2, 0) is 28.9 Å². The van der Waals surface area contributed by atoms with Crippen molar-refractivity contribution in [2.24, 2.45) is 22.2 Å². The van der Waals surface area contributed by atoms with Crippen LogP contribution in [0.4, 0.5) is 11.4 Å². The van der Waals surface area contributed by atoms with Crippen LogP contribution in [0.1, 0.15) is 87.7 Å². The fraction of sp³-hybridized carbons (Fsp3) is 0.611. The molecule has 1 aliphatic carbocycles. The molecule has 2 aromatic rings. The first-order chi connectivity index (χ1) is 21.1. The summed E-state index contributed by atoms with van der Waals surface area (Å²) >= 11 is 0. The number of carbonyl (C=O) groups excluding carboxylic acids is 2. The maximum Gasteiger partial charge on any atom is 0.228 e. The Hall–Kier alpha value is -2.94. The average molecular weight is 600 g/mol. The third-order valence-corrected chi connectivity index (χ3v) is 10.4. The highest BCUT2D eigenvalue weighted by Crippen LogP contribution is 2.39. The molecule has 8 heteroatoms. The second-order valence-electron chi connectivity index (χ2n) is 14.6. The minimum absolute atomic E-state index is 0.000491. The van der Waals surface area contributed by atoms with Crippen molar-refractivity contribution in [3.8, 4) is 0 Å². The number of nitrogens with zero attached hydrogens (tertiary/aromatic N) is 3. The van der Waals surface area contributed by atoms with Crippen molar-refractivity contribution in [1.82, 2.24) is 15.2 Å². The van der Waals surface area contributed by atoms with Crippen LogP contribution in [0.5, 0.6) is 0 Å². The molecule has 1 aromatic heterocycles. The van der Waals surface area contributed by atoms with E-state index in [2.05, 4.69) is 48.4 Å². The normalized spacial score (nSPS) is 23.1. The lowest BCUT2D eigenvalue weighted by Gasteiger charge is -2.34. The molecule has 2 fully saturated rings. The number of aliphatic hydroxyl groups is 1. The van der Waals surface area contributed by atoms with Gasteiger partial charge in [-0.1, -0.05) is 32.9 Å². The number of hydrogen-bond donors (Lipinski definition) is 3. The Bertz CT molecular complexity index is 1400. The number of Topliss-reactive ketones (excluding diaryl/α,β-unsaturated/α-hetero) is 1. The molecule has 3 atom stereocenters. The van der Waals surface area contributed by atoms with Crippen LogP contribution in [0.25, 0.3) is 0 Å². The molecule has 236 valence electrons. The molecule has 1 amide bonds. The molecule has 6 rings (SSSR count). The van der Waals surface area contributed by atoms with E-state index in [-0.39, 0.29) is 35.0 Å². The van der Waals surface area contributed by atoms with Gasteiger partial charge in [0.1, 0.15) is 0 Å². The number of ketones is 1. The molecule has 0 saturated carbocycles. The van der Waals surface area contributed by atoms with Crippen LogP contribution in [0.2, 0.25) is 0 Å². The van der Waals surface area contributed by atoms with Gasteiger partial charge >= 0.3 is 0 Å². The van der Waals surface area contributed by atoms with E-state index in [1.54, 1.807) is 0 Å². The summed E-state index contributed by atoms with van der Waals surface area (Å²) in [5.41, 5.74) is 7.02. The van der Waals surface area contributed by atoms with Crippen molar-refractivity contribution in [1.29, 1.82) is 0 Å². The smallest absolute Gasteiger partial charge is 0.228 e. The number of amides is 1. The Labute approximate surface area is 262 Å². The van der Waals surface area contributed by atoms with Gasteiger partial charge in [-0.25, -0.2) is 4.99 Å². The van der Waals surface area contributed by atoms with E-state index < -0.39 is 0 Å². The Morgan fingerprint density at radius 3 is 2.68 bits per heavy atom. The first kappa shape index (κ1) is 31.1. The summed E-state index contributed by atoms with van der Waals surface area (Å²) < 4.78 is 0. The van der Waals surface area contributed by atoms with Crippen LogP contribution >= 0.6 is 0 Å². The van der Waals surface area contributed by atoms with E-state index in [4.69, 9.17) is 9.98 Å². The second kappa shape index (κ2) is 13.2. The molecule has 1 unspecified atom stereocenters. The first-order valence-corrected chi connectivity index (χ1v) is 16.8. The maximum atomic E-state index is 13.9. The summed E-state index contributed by atoms with van der Waals surface area (Å²) in [6, 6.07) is 10.2. The highest BCUT2D eigenvalue weighted by Gasteiger charge is 2.32. The molecule has 2 saturated heterocycles. The number of likely N-dealkylation sites (tertiary alicyclic amines) is 1. The highest BCUT2D eigenvalue weighted by atomic mass is 16.3. The number of nitrogens with one attached hydrogen (secondary N) is 2. The molecular formula is C36H49N5O3. The summed E-state index contributed by atoms with van der Waals surface area (Å²) in [6.45, 7) is 11.2. The van der Waals surface area contributed by atoms with Crippen molar-refractivity contribution in [2.45, 2.75) is 90.6 Å². The van der Waals surface area contributed by atoms with Crippen molar-refractivity contribution in [3.05, 3.63) is 52.8 Å². The number of aromatic nitrogens is 1. The lowest BCUT2D eigenvalue weighted by molar-refractivity contribution is -0.119. The quantitative estimate of drug-likeness (QED) is 0.375. The molecule has 8 nitrogen and oxygen atoms in total. The number of anilines is 1. The predicted octanol–water partition coefficient (Wildman–Crippen LogP) is 5.00. The Kier molecular flexibility index (Phi) is 9.31. The third kappa shape index (κ3) is 7.30. The standard InChI is InChI=1S/C36H49N5O3/c1-36(2,3)27-7-8-30-26(17-27)19-31-32(39-30)21-33(40-31)34(43)20-24(10-14-41-15-11-29(42)12-16-41)23-5-4-6-28(18-23)38-35(44)25-9-13-37-22-25/h4-6,18-19,24-25,27,29,37,42H,7-17,20-22H2,1-3H3,(H,38,44)/t24-,25?,27-/m0/s1. The molecule has 3 N–H and O–H groups in total. The number of pyridine rings is 1. The number of carbonyl (C=O) groups is 2. The Morgan fingerprint density at radius 2 is 1.93 bits per heavy atom. The van der Waals surface area contributed by atoms with Crippen molar-refractivity contribution < 1.29 is 14.7 Å². The number of aliphatic hydroxyl groups excluding tert-OH is 1. The number of fused-ring (bicyclic) bond motifs is 2. The molecule has 4 aliphatic rings. The van der Waals surface area contributed by atoms with Crippen molar-refractivity contribution in [3.63, 3.8) is 0 Å². The largest absolute Gasteiger partial charge is 0.393 e. The van der Waals surface area contributed by atoms with E-state index in [1.807, 2.05) is 18.2 Å². The molecule has 0 bridgehead atoms. The average Bonchev–Trinajstić information content (AvgIpc) is 3.69. The van der Waals surface area contributed by atoms with Crippen LogP contribution in [0.15, 0.2) is 35.3 Å². The van der Waals surface area contributed by atoms with E-state index >= 15 is 0 Å². The van der Waals surface area contributed by atoms with Gasteiger partial charge < -0.3 is 20.6 Å². The van der Waals surface area contributed by atoms with Crippen LogP contribution in [-0.4, -0.2) is 71.2 Å². The fourth-order valence-corrected chi connectivity index (χ4v) is 7.37. The predicted molar refractivity (Wildman–Crippen MR) is 175 cm³/mol. The molecule has 3 aliphatic heterocycles. The van der Waals surface area contributed by atoms with Gasteiger partial charge in [-0.2, -0.15) is 0 Å². The van der Waals surface area contributed by atoms with E-state index in [0.29, 0.717) is 31.0 Å². The number of aliphatic imine (C=N–C) groups is 1. The summed E-state index contributed by atoms with van der Waals surface area (Å²) in [4.78, 5) is 38.9. The topological polar surface area (TPSA) is 107 Å². The monoisotopic (exact) mass is 599 g/mol. The number of hydrogen-bond acceptors (Lipinski definition) is 7. The minimum Gasteiger partial charge on any atom is -0.393 e. The van der Waals surface area contributed by atoms with Gasteiger partial charge in [-0.3, -0.25) is 14.6 Å². The number of aryl methyl sites for hydroxylation is 1. The molecule has 44 heavy (non-hydrogen) atoms. The van der Waals surface area contributed by atoms with Gasteiger partial charge in [0.25, 0.3) is 0 Å². The SMILES string of the molecule is CC(C)(C)[C@H]1CCc2nc3c(cc2C1)N=C(C(=O)C[C@H](CCN1CCC(O)CC1)c1cccc(NC(=O)C2CCNC2)c1)C3. The zero-order valence-corrected chi connectivity index (χ0v) is 26.7. The lowest BCUT2D eigenvalue weighted by Crippen LogP contribution is -2.37. The van der Waals surface area contributed by atoms with Crippen LogP contribution < -0.4 is 10.6 Å². The van der Waals surface area contributed by atoms with Gasteiger partial charge in [0, 0.05) is 43.9 Å². The van der Waals surface area contributed by atoms with Gasteiger partial charge in [0.15, 0.2) is 5.78 Å². The summed E-state index contributed by atoms with van der Waals surface area (Å²) in [5.74, 6) is 0.749. The zero-order chi connectivity index (χ0) is 30.8. The van der Waals surface area contributed by atoms with E-state index in [0.717, 1.165) is 93.8 Å². The van der Waals surface area contributed by atoms with Gasteiger partial charge in [0.05, 0.1) is 29.1 Å². The zero-order valence-electron chi connectivity index (χ0n) is 26.7. The number of rotatable bonds is 9. The summed E-state index contributed by atoms with van der Waals surface area (Å²) in [5, 5.41) is 16.3. The molecule has 1 aromatic carbocycles. The first-order valence-electron chi connectivity index (χ1n) is 16.8. The number of benzene rings is 1. The second-order valence-corrected chi connectivity index (χ2v) is 14.6. The molecule has 0 radical (unpaired) electrons. The fourth-order valence-electron chi connectivity index (χ4n) is 7.37. The van der Waals surface area contributed by atoms with Crippen LogP contribution in [0.3, 0.4) is 0 Å². The third-order valence-electron chi connectivity index (χ3n) is 10.4. The van der Waals surface area contributed by atoms with Gasteiger partial charge in [-0.05, 0) is 105 Å². The van der Waals surface area contributed by atoms with Gasteiger partial charge in [0.2, 0.25) is 5.91 Å². The van der Waals surface area contributed by atoms with Gasteiger partial charge in [-0.15, -0.1) is 0 Å². The van der Waals surface area contributed by atoms with E-state index in [1.165, 1.54) is 11.3 Å². The summed E-state index contributed by atoms with van der Waals surface area (Å²) in [6.07, 6.45) is 7.12. The van der Waals surface area contributed by atoms with Crippen LogP contribution in [0, 0.1) is 17.3 Å². The lowest BCUT2D eigenvalue weighted by atomic mass is 9.71. The molecule has 0 spiro atoms. The molecule has 4 heterocycles. The molecular weight excluding hydrogens is 550 g/mol. The highest BCUT2D eigenvalue weighted by molar-refractivity contribution is 6.41. The number of piperidine rings is 1. The minimum atomic E-state index is -0.209. The van der Waals surface area contributed by atoms with Crippen molar-refractivity contribution >= 4 is 28.8 Å². The maximum absolute atomic E-state index is 13.9. The Morgan fingerprint density at radius 1 is 1.11 bits per heavy atom. The summed E-state index contributed by atoms with van der Waals surface area (Å²) in [7, 11) is 0. The Balaban J connectivity index is 1.17. The van der Waals surface area contributed by atoms with E-state index in [9.17, 15) is 14.7 Å².